The van der Waals surface area contributed by atoms with E-state index < -0.39 is 12.1 Å². The lowest BCUT2D eigenvalue weighted by molar-refractivity contribution is -0.120. The van der Waals surface area contributed by atoms with Gasteiger partial charge in [0.25, 0.3) is 0 Å². The summed E-state index contributed by atoms with van der Waals surface area (Å²) in [6.45, 7) is 1.45. The SMILES string of the molecule is COc1cc(NC(=O)[C@@H](CCSC)Nc2ccc3c(cc2=O)[C@H](NC(C)=O)CCc2cc(OC)c(OC)c(OC)c2-3)cc(OC)c1OC. The molecule has 0 bridgehead atoms. The highest BCUT2D eigenvalue weighted by molar-refractivity contribution is 7.98. The van der Waals surface area contributed by atoms with Gasteiger partial charge >= 0.3 is 0 Å². The van der Waals surface area contributed by atoms with Crippen molar-refractivity contribution in [1.82, 2.24) is 5.32 Å². The number of hydrogen-bond acceptors (Lipinski definition) is 11. The van der Waals surface area contributed by atoms with Crippen molar-refractivity contribution in [3.05, 3.63) is 57.7 Å². The van der Waals surface area contributed by atoms with Crippen LogP contribution in [0.4, 0.5) is 11.4 Å². The normalized spacial score (nSPS) is 13.9. The summed E-state index contributed by atoms with van der Waals surface area (Å²) < 4.78 is 33.5. The summed E-state index contributed by atoms with van der Waals surface area (Å²) in [5, 5.41) is 9.14. The molecule has 13 heteroatoms. The van der Waals surface area contributed by atoms with Crippen LogP contribution in [0.25, 0.3) is 11.1 Å². The van der Waals surface area contributed by atoms with Gasteiger partial charge in [-0.15, -0.1) is 0 Å². The summed E-state index contributed by atoms with van der Waals surface area (Å²) in [5.41, 5.74) is 3.26. The Balaban J connectivity index is 1.81. The van der Waals surface area contributed by atoms with E-state index >= 15 is 0 Å². The predicted molar refractivity (Wildman–Crippen MR) is 188 cm³/mol. The third-order valence-corrected chi connectivity index (χ3v) is 8.75. The minimum absolute atomic E-state index is 0.219. The van der Waals surface area contributed by atoms with Crippen LogP contribution in [0.1, 0.15) is 36.9 Å². The zero-order valence-electron chi connectivity index (χ0n) is 28.5. The Labute approximate surface area is 284 Å². The largest absolute Gasteiger partial charge is 0.493 e. The van der Waals surface area contributed by atoms with Crippen molar-refractivity contribution in [2.75, 3.05) is 65.3 Å². The van der Waals surface area contributed by atoms with Crippen LogP contribution in [0.15, 0.2) is 41.2 Å². The Morgan fingerprint density at radius 1 is 0.854 bits per heavy atom. The van der Waals surface area contributed by atoms with Crippen LogP contribution in [0.5, 0.6) is 34.5 Å². The molecule has 0 spiro atoms. The molecule has 1 aliphatic carbocycles. The van der Waals surface area contributed by atoms with Crippen molar-refractivity contribution in [3.63, 3.8) is 0 Å². The molecule has 2 atom stereocenters. The average Bonchev–Trinajstić information content (AvgIpc) is 3.32. The third-order valence-electron chi connectivity index (χ3n) is 8.11. The number of benzene rings is 2. The molecule has 0 aromatic heterocycles. The highest BCUT2D eigenvalue weighted by atomic mass is 32.2. The molecule has 0 saturated heterocycles. The second-order valence-electron chi connectivity index (χ2n) is 11.0. The first-order chi connectivity index (χ1) is 23.1. The van der Waals surface area contributed by atoms with Gasteiger partial charge in [0.05, 0.1) is 54.4 Å². The van der Waals surface area contributed by atoms with Gasteiger partial charge < -0.3 is 44.4 Å². The molecule has 4 rings (SSSR count). The predicted octanol–water partition coefficient (Wildman–Crippen LogP) is 5.06. The lowest BCUT2D eigenvalue weighted by Crippen LogP contribution is -2.36. The van der Waals surface area contributed by atoms with Crippen LogP contribution in [0, 0.1) is 0 Å². The smallest absolute Gasteiger partial charge is 0.246 e. The van der Waals surface area contributed by atoms with Gasteiger partial charge in [-0.2, -0.15) is 11.8 Å². The molecule has 0 aliphatic heterocycles. The number of aryl methyl sites for hydroxylation is 1. The number of ether oxygens (including phenoxy) is 6. The van der Waals surface area contributed by atoms with E-state index in [0.717, 1.165) is 11.1 Å². The van der Waals surface area contributed by atoms with Crippen LogP contribution < -0.4 is 49.8 Å². The second kappa shape index (κ2) is 16.4. The van der Waals surface area contributed by atoms with Crippen LogP contribution in [-0.4, -0.2) is 72.5 Å². The van der Waals surface area contributed by atoms with Crippen LogP contribution in [-0.2, 0) is 16.0 Å². The number of rotatable bonds is 14. The molecule has 48 heavy (non-hydrogen) atoms. The Bertz CT molecular complexity index is 1690. The van der Waals surface area contributed by atoms with E-state index in [-0.39, 0.29) is 22.9 Å². The van der Waals surface area contributed by atoms with Gasteiger partial charge in [-0.3, -0.25) is 14.4 Å². The lowest BCUT2D eigenvalue weighted by atomic mass is 9.95. The zero-order valence-corrected chi connectivity index (χ0v) is 29.3. The molecule has 0 heterocycles. The van der Waals surface area contributed by atoms with Gasteiger partial charge in [0.15, 0.2) is 23.0 Å². The van der Waals surface area contributed by atoms with Crippen molar-refractivity contribution in [3.8, 4) is 45.6 Å². The fourth-order valence-corrected chi connectivity index (χ4v) is 6.37. The van der Waals surface area contributed by atoms with E-state index in [9.17, 15) is 14.4 Å². The molecule has 1 aliphatic rings. The fourth-order valence-electron chi connectivity index (χ4n) is 5.90. The summed E-state index contributed by atoms with van der Waals surface area (Å²) in [4.78, 5) is 40.0. The van der Waals surface area contributed by atoms with E-state index in [4.69, 9.17) is 28.4 Å². The summed E-state index contributed by atoms with van der Waals surface area (Å²) in [6, 6.07) is 8.93. The first-order valence-corrected chi connectivity index (χ1v) is 16.7. The first-order valence-electron chi connectivity index (χ1n) is 15.3. The Morgan fingerprint density at radius 2 is 1.48 bits per heavy atom. The molecule has 0 radical (unpaired) electrons. The molecule has 258 valence electrons. The van der Waals surface area contributed by atoms with E-state index in [1.165, 1.54) is 41.4 Å². The number of fused-ring (bicyclic) bond motifs is 3. The maximum absolute atomic E-state index is 13.9. The summed E-state index contributed by atoms with van der Waals surface area (Å²) in [5.74, 6) is 2.62. The summed E-state index contributed by atoms with van der Waals surface area (Å²) >= 11 is 1.58. The van der Waals surface area contributed by atoms with Crippen molar-refractivity contribution >= 4 is 35.0 Å². The number of anilines is 2. The number of methoxy groups -OCH3 is 6. The summed E-state index contributed by atoms with van der Waals surface area (Å²) in [6.07, 6.45) is 3.48. The number of nitrogens with one attached hydrogen (secondary N) is 3. The highest BCUT2D eigenvalue weighted by Gasteiger charge is 2.30. The third kappa shape index (κ3) is 7.67. The quantitative estimate of drug-likeness (QED) is 0.210. The molecule has 3 aromatic carbocycles. The number of carbonyl (C=O) groups is 2. The fraction of sp³-hybridized carbons (Fsp3) is 0.400. The molecule has 12 nitrogen and oxygen atoms in total. The molecular weight excluding hydrogens is 638 g/mol. The molecule has 3 aromatic rings. The molecule has 0 fully saturated rings. The Hall–Kier alpha value is -4.78. The summed E-state index contributed by atoms with van der Waals surface area (Å²) in [7, 11) is 9.13. The van der Waals surface area contributed by atoms with Gasteiger partial charge in [-0.05, 0) is 66.2 Å². The molecule has 0 saturated carbocycles. The average molecular weight is 682 g/mol. The minimum atomic E-state index is -0.774. The number of thioether (sulfide) groups is 1. The van der Waals surface area contributed by atoms with Crippen LogP contribution >= 0.6 is 11.8 Å². The number of carbonyl (C=O) groups excluding carboxylic acids is 2. The van der Waals surface area contributed by atoms with Crippen molar-refractivity contribution in [2.45, 2.75) is 38.3 Å². The molecule has 2 amide bonds. The monoisotopic (exact) mass is 681 g/mol. The molecule has 3 N–H and O–H groups in total. The number of hydrogen-bond donors (Lipinski definition) is 3. The van der Waals surface area contributed by atoms with Gasteiger partial charge in [-0.25, -0.2) is 0 Å². The topological polar surface area (TPSA) is 143 Å². The van der Waals surface area contributed by atoms with E-state index in [1.807, 2.05) is 18.4 Å². The van der Waals surface area contributed by atoms with Gasteiger partial charge in [0.1, 0.15) is 6.04 Å². The van der Waals surface area contributed by atoms with Crippen LogP contribution in [0.2, 0.25) is 0 Å². The van der Waals surface area contributed by atoms with E-state index in [2.05, 4.69) is 16.0 Å². The first kappa shape index (κ1) is 36.1. The molecular formula is C35H43N3O9S. The maximum Gasteiger partial charge on any atom is 0.246 e. The lowest BCUT2D eigenvalue weighted by Gasteiger charge is -2.20. The minimum Gasteiger partial charge on any atom is -0.493 e. The zero-order chi connectivity index (χ0) is 35.0. The van der Waals surface area contributed by atoms with Gasteiger partial charge in [-0.1, -0.05) is 6.07 Å². The van der Waals surface area contributed by atoms with Crippen molar-refractivity contribution < 1.29 is 38.0 Å². The Kier molecular flexibility index (Phi) is 12.3. The van der Waals surface area contributed by atoms with Crippen LogP contribution in [0.3, 0.4) is 0 Å². The van der Waals surface area contributed by atoms with Crippen molar-refractivity contribution in [1.29, 1.82) is 0 Å². The van der Waals surface area contributed by atoms with E-state index in [0.29, 0.717) is 76.3 Å². The maximum atomic E-state index is 13.9. The Morgan fingerprint density at radius 3 is 2.04 bits per heavy atom. The van der Waals surface area contributed by atoms with E-state index in [1.54, 1.807) is 44.2 Å². The van der Waals surface area contributed by atoms with Gasteiger partial charge in [0, 0.05) is 30.3 Å². The van der Waals surface area contributed by atoms with Gasteiger partial charge in [0.2, 0.25) is 28.7 Å². The highest BCUT2D eigenvalue weighted by Crippen LogP contribution is 2.50. The standard InChI is InChI=1S/C35H43N3O9S/c1-19(39)36-24-11-9-20-15-28(42-2)33(46-6)34(47-7)31(20)22-10-12-25(27(40)18-23(22)24)38-26(13-14-48-8)35(41)37-21-16-29(43-3)32(45-5)30(17-21)44-4/h10,12,15-18,24,26H,9,11,13-14H2,1-8H3,(H,36,39)(H,37,41)(H,38,40)/t24-,26-/m1/s1. The van der Waals surface area contributed by atoms with Crippen molar-refractivity contribution in [2.24, 2.45) is 0 Å². The second-order valence-corrected chi connectivity index (χ2v) is 12.0. The number of amides is 2. The molecule has 0 unspecified atom stereocenters.